The van der Waals surface area contributed by atoms with E-state index in [1.165, 1.54) is 0 Å². The van der Waals surface area contributed by atoms with E-state index < -0.39 is 0 Å². The molecule has 4 nitrogen and oxygen atoms in total. The van der Waals surface area contributed by atoms with Crippen molar-refractivity contribution in [3.8, 4) is 0 Å². The van der Waals surface area contributed by atoms with Gasteiger partial charge in [-0.15, -0.1) is 0 Å². The third-order valence-corrected chi connectivity index (χ3v) is 1.73. The largest absolute Gasteiger partial charge is 0.380 e. The molecule has 0 aliphatic carbocycles. The summed E-state index contributed by atoms with van der Waals surface area (Å²) in [5, 5.41) is 5.97. The third-order valence-electron chi connectivity index (χ3n) is 1.73. The van der Waals surface area contributed by atoms with Crippen LogP contribution in [0.5, 0.6) is 0 Å². The first-order chi connectivity index (χ1) is 6.81. The standard InChI is InChI=1S/C10H22N2O2/c1-3-6-12-10(13)5-7-11-8-9-14-4-2/h11H,3-9H2,1-2H3,(H,12,13). The Labute approximate surface area is 86.4 Å². The minimum absolute atomic E-state index is 0.121. The Balaban J connectivity index is 3.07. The highest BCUT2D eigenvalue weighted by molar-refractivity contribution is 5.75. The normalized spacial score (nSPS) is 10.1. The molecule has 0 unspecified atom stereocenters. The monoisotopic (exact) mass is 202 g/mol. The van der Waals surface area contributed by atoms with Crippen molar-refractivity contribution in [3.63, 3.8) is 0 Å². The lowest BCUT2D eigenvalue weighted by Crippen LogP contribution is -2.29. The Morgan fingerprint density at radius 1 is 1.21 bits per heavy atom. The molecule has 0 heterocycles. The van der Waals surface area contributed by atoms with E-state index in [2.05, 4.69) is 10.6 Å². The van der Waals surface area contributed by atoms with Gasteiger partial charge >= 0.3 is 0 Å². The molecule has 0 aromatic carbocycles. The van der Waals surface area contributed by atoms with Gasteiger partial charge in [-0.1, -0.05) is 6.92 Å². The first kappa shape index (κ1) is 13.4. The van der Waals surface area contributed by atoms with Gasteiger partial charge in [0.15, 0.2) is 0 Å². The van der Waals surface area contributed by atoms with Crippen molar-refractivity contribution in [2.45, 2.75) is 26.7 Å². The Bertz CT molecular complexity index is 140. The van der Waals surface area contributed by atoms with E-state index in [0.717, 1.165) is 32.7 Å². The summed E-state index contributed by atoms with van der Waals surface area (Å²) in [7, 11) is 0. The highest BCUT2D eigenvalue weighted by atomic mass is 16.5. The molecule has 0 fully saturated rings. The second-order valence-corrected chi connectivity index (χ2v) is 3.05. The molecule has 4 heteroatoms. The average molecular weight is 202 g/mol. The number of amides is 1. The van der Waals surface area contributed by atoms with Gasteiger partial charge < -0.3 is 15.4 Å². The summed E-state index contributed by atoms with van der Waals surface area (Å²) >= 11 is 0. The van der Waals surface area contributed by atoms with E-state index in [0.29, 0.717) is 13.0 Å². The van der Waals surface area contributed by atoms with E-state index >= 15 is 0 Å². The quantitative estimate of drug-likeness (QED) is 0.536. The fourth-order valence-corrected chi connectivity index (χ4v) is 0.968. The van der Waals surface area contributed by atoms with Crippen LogP contribution in [0.25, 0.3) is 0 Å². The van der Waals surface area contributed by atoms with Gasteiger partial charge in [-0.2, -0.15) is 0 Å². The van der Waals surface area contributed by atoms with Gasteiger partial charge in [0.05, 0.1) is 6.61 Å². The molecule has 84 valence electrons. The fourth-order valence-electron chi connectivity index (χ4n) is 0.968. The zero-order valence-corrected chi connectivity index (χ0v) is 9.27. The summed E-state index contributed by atoms with van der Waals surface area (Å²) in [6.07, 6.45) is 1.54. The van der Waals surface area contributed by atoms with Crippen molar-refractivity contribution in [2.75, 3.05) is 32.8 Å². The smallest absolute Gasteiger partial charge is 0.221 e. The van der Waals surface area contributed by atoms with Crippen LogP contribution in [0, 0.1) is 0 Å². The number of ether oxygens (including phenoxy) is 1. The van der Waals surface area contributed by atoms with Crippen LogP contribution in [0.2, 0.25) is 0 Å². The van der Waals surface area contributed by atoms with Crippen molar-refractivity contribution >= 4 is 5.91 Å². The van der Waals surface area contributed by atoms with Crippen LogP contribution in [-0.2, 0) is 9.53 Å². The van der Waals surface area contributed by atoms with Crippen molar-refractivity contribution in [1.82, 2.24) is 10.6 Å². The van der Waals surface area contributed by atoms with Gasteiger partial charge in [-0.05, 0) is 13.3 Å². The Kier molecular flexibility index (Phi) is 10.0. The molecular formula is C10H22N2O2. The van der Waals surface area contributed by atoms with Crippen molar-refractivity contribution in [2.24, 2.45) is 0 Å². The van der Waals surface area contributed by atoms with E-state index in [9.17, 15) is 4.79 Å². The number of hydrogen-bond acceptors (Lipinski definition) is 3. The highest BCUT2D eigenvalue weighted by Crippen LogP contribution is 1.79. The van der Waals surface area contributed by atoms with Gasteiger partial charge in [-0.3, -0.25) is 4.79 Å². The number of rotatable bonds is 9. The fraction of sp³-hybridized carbons (Fsp3) is 0.900. The van der Waals surface area contributed by atoms with Crippen molar-refractivity contribution < 1.29 is 9.53 Å². The van der Waals surface area contributed by atoms with Gasteiger partial charge in [0, 0.05) is 32.7 Å². The van der Waals surface area contributed by atoms with Gasteiger partial charge in [0.2, 0.25) is 5.91 Å². The summed E-state index contributed by atoms with van der Waals surface area (Å²) in [4.78, 5) is 11.1. The molecule has 0 aliphatic rings. The minimum Gasteiger partial charge on any atom is -0.380 e. The molecular weight excluding hydrogens is 180 g/mol. The lowest BCUT2D eigenvalue weighted by atomic mass is 10.3. The van der Waals surface area contributed by atoms with Crippen LogP contribution in [0.3, 0.4) is 0 Å². The van der Waals surface area contributed by atoms with Gasteiger partial charge in [-0.25, -0.2) is 0 Å². The zero-order valence-electron chi connectivity index (χ0n) is 9.27. The highest BCUT2D eigenvalue weighted by Gasteiger charge is 1.97. The van der Waals surface area contributed by atoms with Crippen LogP contribution in [-0.4, -0.2) is 38.8 Å². The maximum atomic E-state index is 11.1. The zero-order chi connectivity index (χ0) is 10.6. The van der Waals surface area contributed by atoms with Gasteiger partial charge in [0.25, 0.3) is 0 Å². The predicted octanol–water partition coefficient (Wildman–Crippen LogP) is 0.529. The van der Waals surface area contributed by atoms with Crippen LogP contribution in [0.1, 0.15) is 26.7 Å². The topological polar surface area (TPSA) is 50.4 Å². The van der Waals surface area contributed by atoms with E-state index in [1.54, 1.807) is 0 Å². The Morgan fingerprint density at radius 2 is 2.00 bits per heavy atom. The molecule has 14 heavy (non-hydrogen) atoms. The SMILES string of the molecule is CCCNC(=O)CCNCCOCC. The van der Waals surface area contributed by atoms with E-state index in [-0.39, 0.29) is 5.91 Å². The molecule has 0 aromatic rings. The predicted molar refractivity (Wildman–Crippen MR) is 57.3 cm³/mol. The van der Waals surface area contributed by atoms with Crippen LogP contribution < -0.4 is 10.6 Å². The third kappa shape index (κ3) is 9.48. The van der Waals surface area contributed by atoms with Crippen molar-refractivity contribution in [3.05, 3.63) is 0 Å². The van der Waals surface area contributed by atoms with Crippen LogP contribution >= 0.6 is 0 Å². The number of hydrogen-bond donors (Lipinski definition) is 2. The molecule has 1 amide bonds. The molecule has 0 atom stereocenters. The second-order valence-electron chi connectivity index (χ2n) is 3.05. The summed E-state index contributed by atoms with van der Waals surface area (Å²) in [6.45, 7) is 7.79. The summed E-state index contributed by atoms with van der Waals surface area (Å²) in [5.74, 6) is 0.121. The van der Waals surface area contributed by atoms with Gasteiger partial charge in [0.1, 0.15) is 0 Å². The number of carbonyl (C=O) groups excluding carboxylic acids is 1. The summed E-state index contributed by atoms with van der Waals surface area (Å²) < 4.78 is 5.14. The Hall–Kier alpha value is -0.610. The number of nitrogens with one attached hydrogen (secondary N) is 2. The first-order valence-electron chi connectivity index (χ1n) is 5.36. The molecule has 0 aliphatic heterocycles. The molecule has 0 radical (unpaired) electrons. The first-order valence-corrected chi connectivity index (χ1v) is 5.36. The van der Waals surface area contributed by atoms with Crippen molar-refractivity contribution in [1.29, 1.82) is 0 Å². The molecule has 0 bridgehead atoms. The van der Waals surface area contributed by atoms with Crippen LogP contribution in [0.4, 0.5) is 0 Å². The molecule has 0 rings (SSSR count). The summed E-state index contributed by atoms with van der Waals surface area (Å²) in [5.41, 5.74) is 0. The lowest BCUT2D eigenvalue weighted by molar-refractivity contribution is -0.120. The number of carbonyl (C=O) groups is 1. The summed E-state index contributed by atoms with van der Waals surface area (Å²) in [6, 6.07) is 0. The lowest BCUT2D eigenvalue weighted by Gasteiger charge is -2.05. The molecule has 0 aromatic heterocycles. The molecule has 0 spiro atoms. The maximum Gasteiger partial charge on any atom is 0.221 e. The van der Waals surface area contributed by atoms with E-state index in [1.807, 2.05) is 13.8 Å². The molecule has 0 saturated carbocycles. The molecule has 2 N–H and O–H groups in total. The molecule has 0 saturated heterocycles. The average Bonchev–Trinajstić information content (AvgIpc) is 2.20. The minimum atomic E-state index is 0.121. The maximum absolute atomic E-state index is 11.1. The van der Waals surface area contributed by atoms with Crippen LogP contribution in [0.15, 0.2) is 0 Å². The van der Waals surface area contributed by atoms with E-state index in [4.69, 9.17) is 4.74 Å². The second kappa shape index (κ2) is 10.5. The Morgan fingerprint density at radius 3 is 2.64 bits per heavy atom.